The molecule has 0 unspecified atom stereocenters. The van der Waals surface area contributed by atoms with E-state index in [2.05, 4.69) is 109 Å². The summed E-state index contributed by atoms with van der Waals surface area (Å²) in [6, 6.07) is 64.1. The van der Waals surface area contributed by atoms with Gasteiger partial charge in [-0.3, -0.25) is 0 Å². The predicted octanol–water partition coefficient (Wildman–Crippen LogP) is 11.5. The van der Waals surface area contributed by atoms with Crippen LogP contribution in [0.1, 0.15) is 0 Å². The lowest BCUT2D eigenvalue weighted by molar-refractivity contribution is 1.07. The molecule has 0 amide bonds. The number of benzene rings is 7. The first kappa shape index (κ1) is 30.9. The molecule has 0 aliphatic heterocycles. The number of hydrogen-bond donors (Lipinski definition) is 0. The van der Waals surface area contributed by atoms with E-state index in [4.69, 9.17) is 24.9 Å². The van der Waals surface area contributed by atoms with Crippen molar-refractivity contribution in [3.8, 4) is 79.2 Å². The van der Waals surface area contributed by atoms with Crippen LogP contribution >= 0.6 is 0 Å². The maximum Gasteiger partial charge on any atom is 0.164 e. The Morgan fingerprint density at radius 2 is 0.615 bits per heavy atom. The molecule has 52 heavy (non-hydrogen) atoms. The molecule has 2 heterocycles. The van der Waals surface area contributed by atoms with Crippen LogP contribution in [0.15, 0.2) is 188 Å². The van der Waals surface area contributed by atoms with E-state index in [1.807, 2.05) is 78.9 Å². The Balaban J connectivity index is 1.13. The predicted molar refractivity (Wildman–Crippen MR) is 211 cm³/mol. The van der Waals surface area contributed by atoms with Crippen LogP contribution in [0, 0.1) is 0 Å². The van der Waals surface area contributed by atoms with Gasteiger partial charge < -0.3 is 0 Å². The molecule has 9 aromatic rings. The summed E-state index contributed by atoms with van der Waals surface area (Å²) in [5, 5.41) is 2.31. The Morgan fingerprint density at radius 3 is 1.23 bits per heavy atom. The van der Waals surface area contributed by atoms with Gasteiger partial charge in [-0.1, -0.05) is 164 Å². The van der Waals surface area contributed by atoms with Crippen molar-refractivity contribution in [3.05, 3.63) is 188 Å². The molecule has 7 aromatic carbocycles. The van der Waals surface area contributed by atoms with Crippen molar-refractivity contribution in [3.63, 3.8) is 0 Å². The average Bonchev–Trinajstić information content (AvgIpc) is 3.24. The summed E-state index contributed by atoms with van der Waals surface area (Å²) in [4.78, 5) is 25.0. The second-order valence-corrected chi connectivity index (χ2v) is 12.6. The fraction of sp³-hybridized carbons (Fsp3) is 0. The number of rotatable bonds is 7. The Hall–Kier alpha value is -7.11. The first-order chi connectivity index (χ1) is 25.7. The number of hydrogen-bond acceptors (Lipinski definition) is 5. The summed E-state index contributed by atoms with van der Waals surface area (Å²) >= 11 is 0. The lowest BCUT2D eigenvalue weighted by atomic mass is 9.99. The third-order valence-corrected chi connectivity index (χ3v) is 9.12. The highest BCUT2D eigenvalue weighted by Gasteiger charge is 2.15. The molecule has 0 fully saturated rings. The average molecular weight is 666 g/mol. The van der Waals surface area contributed by atoms with Gasteiger partial charge in [0.15, 0.2) is 23.3 Å². The molecule has 0 saturated heterocycles. The zero-order chi connectivity index (χ0) is 34.7. The van der Waals surface area contributed by atoms with Crippen molar-refractivity contribution < 1.29 is 0 Å². The van der Waals surface area contributed by atoms with Gasteiger partial charge in [-0.25, -0.2) is 24.9 Å². The van der Waals surface area contributed by atoms with Gasteiger partial charge in [-0.05, 0) is 46.2 Å². The van der Waals surface area contributed by atoms with Crippen molar-refractivity contribution in [1.29, 1.82) is 0 Å². The zero-order valence-corrected chi connectivity index (χ0v) is 28.1. The highest BCUT2D eigenvalue weighted by molar-refractivity contribution is 5.87. The van der Waals surface area contributed by atoms with Crippen molar-refractivity contribution in [1.82, 2.24) is 24.9 Å². The Morgan fingerprint density at radius 1 is 0.212 bits per heavy atom. The molecule has 0 spiro atoms. The van der Waals surface area contributed by atoms with E-state index >= 15 is 0 Å². The van der Waals surface area contributed by atoms with Gasteiger partial charge in [-0.15, -0.1) is 0 Å². The fourth-order valence-electron chi connectivity index (χ4n) is 6.44. The second-order valence-electron chi connectivity index (χ2n) is 12.6. The summed E-state index contributed by atoms with van der Waals surface area (Å²) in [6.45, 7) is 0. The third-order valence-electron chi connectivity index (χ3n) is 9.12. The maximum atomic E-state index is 5.06. The molecule has 2 aromatic heterocycles. The van der Waals surface area contributed by atoms with Crippen molar-refractivity contribution >= 4 is 10.8 Å². The molecule has 0 saturated carbocycles. The molecule has 5 nitrogen and oxygen atoms in total. The van der Waals surface area contributed by atoms with Crippen LogP contribution in [0.2, 0.25) is 0 Å². The number of aromatic nitrogens is 5. The molecular formula is C47H31N5. The van der Waals surface area contributed by atoms with Crippen LogP contribution in [-0.4, -0.2) is 24.9 Å². The summed E-state index contributed by atoms with van der Waals surface area (Å²) in [5.74, 6) is 2.57. The largest absolute Gasteiger partial charge is 0.228 e. The van der Waals surface area contributed by atoms with Crippen LogP contribution in [-0.2, 0) is 0 Å². The van der Waals surface area contributed by atoms with E-state index in [1.54, 1.807) is 0 Å². The van der Waals surface area contributed by atoms with Crippen LogP contribution in [0.4, 0.5) is 0 Å². The van der Waals surface area contributed by atoms with E-state index in [9.17, 15) is 0 Å². The zero-order valence-electron chi connectivity index (χ0n) is 28.1. The molecule has 0 atom stereocenters. The Labute approximate surface area is 302 Å². The van der Waals surface area contributed by atoms with Gasteiger partial charge in [-0.2, -0.15) is 0 Å². The van der Waals surface area contributed by atoms with Crippen LogP contribution in [0.5, 0.6) is 0 Å². The topological polar surface area (TPSA) is 64.5 Å². The minimum atomic E-state index is 0.617. The van der Waals surface area contributed by atoms with Gasteiger partial charge >= 0.3 is 0 Å². The van der Waals surface area contributed by atoms with Crippen molar-refractivity contribution in [2.24, 2.45) is 0 Å². The van der Waals surface area contributed by atoms with Crippen LogP contribution in [0.25, 0.3) is 90.0 Å². The fourth-order valence-corrected chi connectivity index (χ4v) is 6.44. The molecule has 0 aliphatic rings. The maximum absolute atomic E-state index is 5.06. The van der Waals surface area contributed by atoms with Crippen molar-refractivity contribution in [2.45, 2.75) is 0 Å². The lowest BCUT2D eigenvalue weighted by Gasteiger charge is -2.12. The summed E-state index contributed by atoms with van der Waals surface area (Å²) in [5.41, 5.74) is 9.65. The highest BCUT2D eigenvalue weighted by Crippen LogP contribution is 2.33. The molecule has 0 N–H and O–H groups in total. The van der Waals surface area contributed by atoms with E-state index in [1.165, 1.54) is 5.39 Å². The Bertz CT molecular complexity index is 2620. The van der Waals surface area contributed by atoms with Gasteiger partial charge in [0, 0.05) is 33.4 Å². The minimum absolute atomic E-state index is 0.617. The van der Waals surface area contributed by atoms with E-state index < -0.39 is 0 Å². The summed E-state index contributed by atoms with van der Waals surface area (Å²) < 4.78 is 0. The monoisotopic (exact) mass is 665 g/mol. The normalized spacial score (nSPS) is 11.1. The molecule has 0 radical (unpaired) electrons. The van der Waals surface area contributed by atoms with Gasteiger partial charge in [0.05, 0.1) is 11.4 Å². The standard InChI is InChI=1S/C47H31N5/c1-4-15-33(16-5-1)42-31-43(49-44(48-42)34-17-6-2-7-18-34)39-24-12-22-37(28-39)38-23-13-25-40(30-38)46-50-45(35-19-8-3-9-20-35)51-47(52-46)41-27-26-32-14-10-11-21-36(32)29-41/h1-31H. The smallest absolute Gasteiger partial charge is 0.164 e. The first-order valence-corrected chi connectivity index (χ1v) is 17.3. The molecule has 244 valence electrons. The first-order valence-electron chi connectivity index (χ1n) is 17.3. The second kappa shape index (κ2) is 13.7. The quantitative estimate of drug-likeness (QED) is 0.169. The van der Waals surface area contributed by atoms with Crippen molar-refractivity contribution in [2.75, 3.05) is 0 Å². The molecule has 0 bridgehead atoms. The van der Waals surface area contributed by atoms with Gasteiger partial charge in [0.25, 0.3) is 0 Å². The van der Waals surface area contributed by atoms with Crippen LogP contribution in [0.3, 0.4) is 0 Å². The van der Waals surface area contributed by atoms with E-state index in [0.717, 1.165) is 61.3 Å². The summed E-state index contributed by atoms with van der Waals surface area (Å²) in [7, 11) is 0. The van der Waals surface area contributed by atoms with E-state index in [0.29, 0.717) is 23.3 Å². The molecule has 9 rings (SSSR count). The Kier molecular flexibility index (Phi) is 8.12. The summed E-state index contributed by atoms with van der Waals surface area (Å²) in [6.07, 6.45) is 0. The number of nitrogens with zero attached hydrogens (tertiary/aromatic N) is 5. The van der Waals surface area contributed by atoms with Gasteiger partial charge in [0.1, 0.15) is 0 Å². The lowest BCUT2D eigenvalue weighted by Crippen LogP contribution is -2.00. The number of fused-ring (bicyclic) bond motifs is 1. The molecule has 0 aliphatic carbocycles. The van der Waals surface area contributed by atoms with E-state index in [-0.39, 0.29) is 0 Å². The molecular weight excluding hydrogens is 635 g/mol. The van der Waals surface area contributed by atoms with Crippen LogP contribution < -0.4 is 0 Å². The highest BCUT2D eigenvalue weighted by atomic mass is 15.0. The van der Waals surface area contributed by atoms with Gasteiger partial charge in [0.2, 0.25) is 0 Å². The SMILES string of the molecule is c1ccc(-c2cc(-c3cccc(-c4cccc(-c5nc(-c6ccccc6)nc(-c6ccc7ccccc7c6)n5)c4)c3)nc(-c3ccccc3)n2)cc1. The third kappa shape index (κ3) is 6.35. The molecule has 5 heteroatoms. The minimum Gasteiger partial charge on any atom is -0.228 e.